The average Bonchev–Trinajstić information content (AvgIpc) is 2.20. The number of carboxylic acid groups (broad SMARTS) is 1. The monoisotopic (exact) mass is 288 g/mol. The molecule has 1 aromatic rings. The molecule has 0 saturated heterocycles. The first-order valence-electron chi connectivity index (χ1n) is 4.75. The van der Waals surface area contributed by atoms with Crippen LogP contribution >= 0.6 is 15.9 Å². The molecular formula is C11H13BrO4. The molecule has 0 aliphatic carbocycles. The van der Waals surface area contributed by atoms with E-state index in [1.165, 1.54) is 0 Å². The number of halogens is 1. The van der Waals surface area contributed by atoms with Crippen molar-refractivity contribution in [3.05, 3.63) is 33.8 Å². The number of aryl methyl sites for hydroxylation is 1. The summed E-state index contributed by atoms with van der Waals surface area (Å²) in [4.78, 5) is 10.4. The fourth-order valence-corrected chi connectivity index (χ4v) is 1.61. The van der Waals surface area contributed by atoms with Crippen molar-refractivity contribution in [3.8, 4) is 0 Å². The quantitative estimate of drug-likeness (QED) is 0.787. The predicted octanol–water partition coefficient (Wildman–Crippen LogP) is 1.63. The summed E-state index contributed by atoms with van der Waals surface area (Å²) in [7, 11) is 0. The maximum absolute atomic E-state index is 10.4. The van der Waals surface area contributed by atoms with Crippen LogP contribution in [-0.2, 0) is 4.79 Å². The van der Waals surface area contributed by atoms with Crippen molar-refractivity contribution < 1.29 is 20.1 Å². The summed E-state index contributed by atoms with van der Waals surface area (Å²) in [5, 5.41) is 27.7. The molecule has 1 rings (SSSR count). The maximum Gasteiger partial charge on any atom is 0.306 e. The third-order valence-corrected chi connectivity index (χ3v) is 3.16. The Morgan fingerprint density at radius 2 is 2.06 bits per heavy atom. The minimum absolute atomic E-state index is 0.476. The lowest BCUT2D eigenvalue weighted by molar-refractivity contribution is -0.141. The van der Waals surface area contributed by atoms with E-state index in [9.17, 15) is 15.0 Å². The normalized spacial score (nSPS) is 14.5. The van der Waals surface area contributed by atoms with Gasteiger partial charge in [-0.1, -0.05) is 28.1 Å². The molecular weight excluding hydrogens is 276 g/mol. The number of aliphatic carboxylic acids is 1. The van der Waals surface area contributed by atoms with Gasteiger partial charge in [0.1, 0.15) is 6.10 Å². The van der Waals surface area contributed by atoms with Crippen LogP contribution in [0.1, 0.15) is 23.7 Å². The van der Waals surface area contributed by atoms with Gasteiger partial charge in [-0.2, -0.15) is 0 Å². The second-order valence-electron chi connectivity index (χ2n) is 3.62. The molecule has 0 bridgehead atoms. The van der Waals surface area contributed by atoms with Gasteiger partial charge in [-0.15, -0.1) is 0 Å². The van der Waals surface area contributed by atoms with Gasteiger partial charge in [-0.05, 0) is 24.1 Å². The van der Waals surface area contributed by atoms with E-state index in [-0.39, 0.29) is 0 Å². The van der Waals surface area contributed by atoms with Crippen molar-refractivity contribution in [2.75, 3.05) is 0 Å². The van der Waals surface area contributed by atoms with E-state index in [2.05, 4.69) is 15.9 Å². The third-order valence-electron chi connectivity index (χ3n) is 2.27. The maximum atomic E-state index is 10.4. The van der Waals surface area contributed by atoms with Gasteiger partial charge in [-0.25, -0.2) is 0 Å². The van der Waals surface area contributed by atoms with E-state index in [1.54, 1.807) is 18.2 Å². The van der Waals surface area contributed by atoms with Crippen LogP contribution in [0.15, 0.2) is 22.7 Å². The van der Waals surface area contributed by atoms with E-state index in [1.807, 2.05) is 6.92 Å². The highest BCUT2D eigenvalue weighted by Crippen LogP contribution is 2.24. The molecule has 5 heteroatoms. The van der Waals surface area contributed by atoms with Crippen molar-refractivity contribution in [3.63, 3.8) is 0 Å². The molecule has 88 valence electrons. The van der Waals surface area contributed by atoms with Gasteiger partial charge in [0.15, 0.2) is 0 Å². The highest BCUT2D eigenvalue weighted by molar-refractivity contribution is 9.10. The minimum atomic E-state index is -1.29. The second-order valence-corrected chi connectivity index (χ2v) is 4.47. The lowest BCUT2D eigenvalue weighted by atomic mass is 10.0. The molecule has 0 amide bonds. The number of rotatable bonds is 4. The summed E-state index contributed by atoms with van der Waals surface area (Å²) in [5.74, 6) is -1.14. The molecule has 0 heterocycles. The number of aliphatic hydroxyl groups is 2. The zero-order valence-corrected chi connectivity index (χ0v) is 10.3. The van der Waals surface area contributed by atoms with Crippen LogP contribution in [0.25, 0.3) is 0 Å². The van der Waals surface area contributed by atoms with Crippen molar-refractivity contribution in [1.82, 2.24) is 0 Å². The standard InChI is InChI=1S/C11H13BrO4/c1-6-4-7(2-3-8(6)12)11(16)9(13)5-10(14)15/h2-4,9,11,13,16H,5H2,1H3,(H,14,15). The first-order valence-corrected chi connectivity index (χ1v) is 5.55. The van der Waals surface area contributed by atoms with Gasteiger partial charge in [-0.3, -0.25) is 4.79 Å². The van der Waals surface area contributed by atoms with Crippen LogP contribution in [0, 0.1) is 6.92 Å². The Labute approximate surface area is 102 Å². The molecule has 0 saturated carbocycles. The average molecular weight is 289 g/mol. The Hall–Kier alpha value is -0.910. The molecule has 0 aliphatic rings. The third kappa shape index (κ3) is 3.30. The first-order chi connectivity index (χ1) is 7.41. The van der Waals surface area contributed by atoms with E-state index in [4.69, 9.17) is 5.11 Å². The summed E-state index contributed by atoms with van der Waals surface area (Å²) in [5.41, 5.74) is 1.42. The molecule has 0 spiro atoms. The van der Waals surface area contributed by atoms with Gasteiger partial charge in [0.05, 0.1) is 12.5 Å². The largest absolute Gasteiger partial charge is 0.481 e. The summed E-state index contributed by atoms with van der Waals surface area (Å²) in [6.45, 7) is 1.85. The topological polar surface area (TPSA) is 77.8 Å². The van der Waals surface area contributed by atoms with Crippen molar-refractivity contribution in [1.29, 1.82) is 0 Å². The zero-order chi connectivity index (χ0) is 12.3. The number of benzene rings is 1. The van der Waals surface area contributed by atoms with E-state index < -0.39 is 24.6 Å². The van der Waals surface area contributed by atoms with Crippen LogP contribution in [-0.4, -0.2) is 27.4 Å². The predicted molar refractivity (Wildman–Crippen MR) is 62.1 cm³/mol. The minimum Gasteiger partial charge on any atom is -0.481 e. The second kappa shape index (κ2) is 5.43. The van der Waals surface area contributed by atoms with Crippen LogP contribution < -0.4 is 0 Å². The smallest absolute Gasteiger partial charge is 0.306 e. The molecule has 16 heavy (non-hydrogen) atoms. The summed E-state index contributed by atoms with van der Waals surface area (Å²) < 4.78 is 0.899. The van der Waals surface area contributed by atoms with Gasteiger partial charge in [0.25, 0.3) is 0 Å². The van der Waals surface area contributed by atoms with Crippen LogP contribution in [0.2, 0.25) is 0 Å². The number of hydrogen-bond acceptors (Lipinski definition) is 3. The van der Waals surface area contributed by atoms with Crippen molar-refractivity contribution >= 4 is 21.9 Å². The van der Waals surface area contributed by atoms with Crippen LogP contribution in [0.4, 0.5) is 0 Å². The van der Waals surface area contributed by atoms with Crippen molar-refractivity contribution in [2.45, 2.75) is 25.6 Å². The lowest BCUT2D eigenvalue weighted by Crippen LogP contribution is -2.21. The molecule has 4 nitrogen and oxygen atoms in total. The SMILES string of the molecule is Cc1cc(C(O)C(O)CC(=O)O)ccc1Br. The summed E-state index contributed by atoms with van der Waals surface area (Å²) in [6.07, 6.45) is -2.95. The number of aliphatic hydroxyl groups excluding tert-OH is 2. The number of carboxylic acids is 1. The Morgan fingerprint density at radius 3 is 2.56 bits per heavy atom. The zero-order valence-electron chi connectivity index (χ0n) is 8.72. The molecule has 0 aliphatic heterocycles. The van der Waals surface area contributed by atoms with Crippen molar-refractivity contribution in [2.24, 2.45) is 0 Å². The van der Waals surface area contributed by atoms with E-state index in [0.717, 1.165) is 10.0 Å². The molecule has 3 N–H and O–H groups in total. The number of carbonyl (C=O) groups is 1. The number of hydrogen-bond donors (Lipinski definition) is 3. The van der Waals surface area contributed by atoms with Crippen LogP contribution in [0.3, 0.4) is 0 Å². The Kier molecular flexibility index (Phi) is 4.46. The van der Waals surface area contributed by atoms with Gasteiger partial charge in [0, 0.05) is 4.47 Å². The molecule has 0 radical (unpaired) electrons. The fourth-order valence-electron chi connectivity index (χ4n) is 1.36. The molecule has 0 aromatic heterocycles. The van der Waals surface area contributed by atoms with Gasteiger partial charge >= 0.3 is 5.97 Å². The van der Waals surface area contributed by atoms with Crippen LogP contribution in [0.5, 0.6) is 0 Å². The molecule has 0 fully saturated rings. The Balaban J connectivity index is 2.83. The van der Waals surface area contributed by atoms with Gasteiger partial charge in [0.2, 0.25) is 0 Å². The first kappa shape index (κ1) is 13.2. The van der Waals surface area contributed by atoms with E-state index >= 15 is 0 Å². The van der Waals surface area contributed by atoms with E-state index in [0.29, 0.717) is 5.56 Å². The molecule has 2 unspecified atom stereocenters. The highest BCUT2D eigenvalue weighted by atomic mass is 79.9. The Bertz CT molecular complexity index is 392. The lowest BCUT2D eigenvalue weighted by Gasteiger charge is -2.17. The summed E-state index contributed by atoms with van der Waals surface area (Å²) >= 11 is 3.32. The molecule has 2 atom stereocenters. The summed E-state index contributed by atoms with van der Waals surface area (Å²) in [6, 6.07) is 5.11. The highest BCUT2D eigenvalue weighted by Gasteiger charge is 2.21. The molecule has 1 aromatic carbocycles. The Morgan fingerprint density at radius 1 is 1.44 bits per heavy atom. The fraction of sp³-hybridized carbons (Fsp3) is 0.364. The van der Waals surface area contributed by atoms with Gasteiger partial charge < -0.3 is 15.3 Å².